The zero-order valence-corrected chi connectivity index (χ0v) is 17.2. The standard InChI is InChI=1S/C23H21N3O5/c1-14(2)10-11-26-21(27)17-9-8-16(12-18(17)22(26)28)23(29)30-13-19-24-25-20(31-19)15-6-4-3-5-7-15/h3-9,12,14H,10-11,13H2,1-2H3. The number of hydrogen-bond acceptors (Lipinski definition) is 7. The van der Waals surface area contributed by atoms with Crippen LogP contribution in [-0.4, -0.2) is 39.4 Å². The van der Waals surface area contributed by atoms with Gasteiger partial charge in [-0.3, -0.25) is 14.5 Å². The normalized spacial score (nSPS) is 13.1. The summed E-state index contributed by atoms with van der Waals surface area (Å²) in [5.74, 6) is -0.529. The molecular formula is C23H21N3O5. The lowest BCUT2D eigenvalue weighted by atomic mass is 10.1. The number of amides is 2. The molecule has 4 rings (SSSR count). The van der Waals surface area contributed by atoms with Crippen LogP contribution in [0.15, 0.2) is 52.9 Å². The van der Waals surface area contributed by atoms with Gasteiger partial charge < -0.3 is 9.15 Å². The van der Waals surface area contributed by atoms with Crippen molar-refractivity contribution >= 4 is 17.8 Å². The average molecular weight is 419 g/mol. The highest BCUT2D eigenvalue weighted by Gasteiger charge is 2.35. The quantitative estimate of drug-likeness (QED) is 0.425. The van der Waals surface area contributed by atoms with E-state index in [4.69, 9.17) is 9.15 Å². The van der Waals surface area contributed by atoms with Crippen LogP contribution in [0.5, 0.6) is 0 Å². The lowest BCUT2D eigenvalue weighted by Crippen LogP contribution is -2.31. The summed E-state index contributed by atoms with van der Waals surface area (Å²) in [7, 11) is 0. The van der Waals surface area contributed by atoms with Gasteiger partial charge in [0.05, 0.1) is 16.7 Å². The summed E-state index contributed by atoms with van der Waals surface area (Å²) in [4.78, 5) is 38.8. The molecule has 0 bridgehead atoms. The van der Waals surface area contributed by atoms with Gasteiger partial charge in [0.2, 0.25) is 5.89 Å². The predicted molar refractivity (Wildman–Crippen MR) is 110 cm³/mol. The number of hydrogen-bond donors (Lipinski definition) is 0. The molecule has 0 unspecified atom stereocenters. The molecule has 2 aromatic carbocycles. The lowest BCUT2D eigenvalue weighted by molar-refractivity contribution is 0.0438. The van der Waals surface area contributed by atoms with Crippen LogP contribution >= 0.6 is 0 Å². The van der Waals surface area contributed by atoms with E-state index in [1.54, 1.807) is 0 Å². The summed E-state index contributed by atoms with van der Waals surface area (Å²) in [6.07, 6.45) is 0.718. The molecule has 0 fully saturated rings. The summed E-state index contributed by atoms with van der Waals surface area (Å²) in [6.45, 7) is 4.20. The van der Waals surface area contributed by atoms with Gasteiger partial charge in [0.1, 0.15) is 0 Å². The zero-order chi connectivity index (χ0) is 22.0. The third kappa shape index (κ3) is 4.23. The van der Waals surface area contributed by atoms with Gasteiger partial charge in [0.25, 0.3) is 17.7 Å². The van der Waals surface area contributed by atoms with Gasteiger partial charge >= 0.3 is 5.97 Å². The van der Waals surface area contributed by atoms with Crippen molar-refractivity contribution in [2.45, 2.75) is 26.9 Å². The van der Waals surface area contributed by atoms with Crippen molar-refractivity contribution in [1.29, 1.82) is 0 Å². The van der Waals surface area contributed by atoms with Gasteiger partial charge in [-0.25, -0.2) is 4.79 Å². The fourth-order valence-corrected chi connectivity index (χ4v) is 3.23. The number of ether oxygens (including phenoxy) is 1. The van der Waals surface area contributed by atoms with Gasteiger partial charge in [0.15, 0.2) is 6.61 Å². The van der Waals surface area contributed by atoms with Crippen molar-refractivity contribution in [2.75, 3.05) is 6.54 Å². The summed E-state index contributed by atoms with van der Waals surface area (Å²) in [5.41, 5.74) is 1.45. The molecule has 1 aliphatic heterocycles. The Hall–Kier alpha value is -3.81. The largest absolute Gasteiger partial charge is 0.452 e. The van der Waals surface area contributed by atoms with Crippen molar-refractivity contribution in [3.8, 4) is 11.5 Å². The van der Waals surface area contributed by atoms with Gasteiger partial charge in [-0.2, -0.15) is 0 Å². The Bertz CT molecular complexity index is 1140. The van der Waals surface area contributed by atoms with Crippen LogP contribution in [0, 0.1) is 5.92 Å². The molecule has 0 saturated carbocycles. The molecule has 0 aliphatic carbocycles. The maximum Gasteiger partial charge on any atom is 0.338 e. The molecule has 0 spiro atoms. The Balaban J connectivity index is 1.42. The highest BCUT2D eigenvalue weighted by atomic mass is 16.5. The summed E-state index contributed by atoms with van der Waals surface area (Å²) in [6, 6.07) is 13.6. The molecule has 3 aromatic rings. The first-order chi connectivity index (χ1) is 14.9. The number of nitrogens with zero attached hydrogens (tertiary/aromatic N) is 3. The maximum absolute atomic E-state index is 12.6. The van der Waals surface area contributed by atoms with E-state index in [2.05, 4.69) is 10.2 Å². The van der Waals surface area contributed by atoms with E-state index in [0.29, 0.717) is 23.9 Å². The molecule has 8 nitrogen and oxygen atoms in total. The third-order valence-corrected chi connectivity index (χ3v) is 4.95. The van der Waals surface area contributed by atoms with Crippen molar-refractivity contribution in [1.82, 2.24) is 15.1 Å². The maximum atomic E-state index is 12.6. The zero-order valence-electron chi connectivity index (χ0n) is 17.2. The average Bonchev–Trinajstić information content (AvgIpc) is 3.34. The van der Waals surface area contributed by atoms with Gasteiger partial charge in [-0.1, -0.05) is 32.0 Å². The van der Waals surface area contributed by atoms with Crippen molar-refractivity contribution < 1.29 is 23.5 Å². The Morgan fingerprint density at radius 1 is 1.03 bits per heavy atom. The number of aromatic nitrogens is 2. The monoisotopic (exact) mass is 419 g/mol. The first-order valence-electron chi connectivity index (χ1n) is 9.99. The Labute approximate surface area is 178 Å². The third-order valence-electron chi connectivity index (χ3n) is 4.95. The predicted octanol–water partition coefficient (Wildman–Crippen LogP) is 3.74. The van der Waals surface area contributed by atoms with E-state index in [1.165, 1.54) is 23.1 Å². The van der Waals surface area contributed by atoms with Crippen LogP contribution in [-0.2, 0) is 11.3 Å². The van der Waals surface area contributed by atoms with Gasteiger partial charge in [0, 0.05) is 12.1 Å². The molecule has 1 aromatic heterocycles. The number of imide groups is 1. The highest BCUT2D eigenvalue weighted by Crippen LogP contribution is 2.25. The number of benzene rings is 2. The van der Waals surface area contributed by atoms with E-state index in [0.717, 1.165) is 12.0 Å². The van der Waals surface area contributed by atoms with Crippen molar-refractivity contribution in [2.24, 2.45) is 5.92 Å². The van der Waals surface area contributed by atoms with E-state index >= 15 is 0 Å². The topological polar surface area (TPSA) is 103 Å². The Kier molecular flexibility index (Phi) is 5.62. The second kappa shape index (κ2) is 8.51. The Morgan fingerprint density at radius 3 is 2.52 bits per heavy atom. The summed E-state index contributed by atoms with van der Waals surface area (Å²) < 4.78 is 10.8. The van der Waals surface area contributed by atoms with Crippen molar-refractivity contribution in [3.63, 3.8) is 0 Å². The lowest BCUT2D eigenvalue weighted by Gasteiger charge is -2.14. The number of rotatable bonds is 7. The fourth-order valence-electron chi connectivity index (χ4n) is 3.23. The SMILES string of the molecule is CC(C)CCN1C(=O)c2ccc(C(=O)OCc3nnc(-c4ccccc4)o3)cc2C1=O. The molecule has 2 amide bonds. The van der Waals surface area contributed by atoms with Crippen LogP contribution in [0.3, 0.4) is 0 Å². The minimum absolute atomic E-state index is 0.152. The molecule has 2 heterocycles. The van der Waals surface area contributed by atoms with Crippen LogP contribution in [0.25, 0.3) is 11.5 Å². The van der Waals surface area contributed by atoms with Gasteiger partial charge in [-0.05, 0) is 42.7 Å². The minimum Gasteiger partial charge on any atom is -0.452 e. The number of fused-ring (bicyclic) bond motifs is 1. The second-order valence-electron chi connectivity index (χ2n) is 7.65. The van der Waals surface area contributed by atoms with Crippen LogP contribution < -0.4 is 0 Å². The number of carbonyl (C=O) groups excluding carboxylic acids is 3. The molecule has 0 radical (unpaired) electrons. The van der Waals surface area contributed by atoms with Crippen LogP contribution in [0.4, 0.5) is 0 Å². The minimum atomic E-state index is -0.650. The first kappa shape index (κ1) is 20.5. The molecule has 8 heteroatoms. The molecule has 0 atom stereocenters. The second-order valence-corrected chi connectivity index (χ2v) is 7.65. The molecule has 0 N–H and O–H groups in total. The summed E-state index contributed by atoms with van der Waals surface area (Å²) >= 11 is 0. The van der Waals surface area contributed by atoms with Crippen LogP contribution in [0.1, 0.15) is 57.2 Å². The van der Waals surface area contributed by atoms with Crippen LogP contribution in [0.2, 0.25) is 0 Å². The highest BCUT2D eigenvalue weighted by molar-refractivity contribution is 6.21. The fraction of sp³-hybridized carbons (Fsp3) is 0.261. The Morgan fingerprint density at radius 2 is 1.77 bits per heavy atom. The summed E-state index contributed by atoms with van der Waals surface area (Å²) in [5, 5.41) is 7.83. The van der Waals surface area contributed by atoms with E-state index in [-0.39, 0.29) is 35.4 Å². The number of carbonyl (C=O) groups is 3. The number of esters is 1. The molecular weight excluding hydrogens is 398 g/mol. The molecule has 31 heavy (non-hydrogen) atoms. The molecule has 1 aliphatic rings. The smallest absolute Gasteiger partial charge is 0.338 e. The van der Waals surface area contributed by atoms with Crippen molar-refractivity contribution in [3.05, 3.63) is 71.1 Å². The molecule has 0 saturated heterocycles. The molecule has 158 valence electrons. The van der Waals surface area contributed by atoms with E-state index in [9.17, 15) is 14.4 Å². The van der Waals surface area contributed by atoms with E-state index in [1.807, 2.05) is 44.2 Å². The van der Waals surface area contributed by atoms with Gasteiger partial charge in [-0.15, -0.1) is 10.2 Å². The first-order valence-corrected chi connectivity index (χ1v) is 9.99. The van der Waals surface area contributed by atoms with E-state index < -0.39 is 5.97 Å².